The number of hydrogen-bond donors (Lipinski definition) is 1. The molecule has 1 heterocycles. The Kier molecular flexibility index (Phi) is 2.20. The van der Waals surface area contributed by atoms with E-state index < -0.39 is 0 Å². The number of pyridine rings is 1. The first kappa shape index (κ1) is 9.82. The van der Waals surface area contributed by atoms with Crippen molar-refractivity contribution in [3.05, 3.63) is 24.5 Å². The highest BCUT2D eigenvalue weighted by Crippen LogP contribution is 2.62. The Hall–Kier alpha value is -1.38. The number of carbonyl (C=O) groups excluding carboxylic acids is 1. The van der Waals surface area contributed by atoms with Crippen LogP contribution in [-0.2, 0) is 4.79 Å². The molecule has 84 valence electrons. The second kappa shape index (κ2) is 3.58. The van der Waals surface area contributed by atoms with Gasteiger partial charge in [-0.3, -0.25) is 9.78 Å². The van der Waals surface area contributed by atoms with Crippen molar-refractivity contribution in [2.75, 3.05) is 5.32 Å². The number of amides is 1. The van der Waals surface area contributed by atoms with Gasteiger partial charge in [0.2, 0.25) is 5.91 Å². The quantitative estimate of drug-likeness (QED) is 0.825. The van der Waals surface area contributed by atoms with Gasteiger partial charge < -0.3 is 5.32 Å². The summed E-state index contributed by atoms with van der Waals surface area (Å²) in [4.78, 5) is 15.9. The molecule has 2 fully saturated rings. The molecule has 1 aromatic heterocycles. The van der Waals surface area contributed by atoms with E-state index in [1.165, 1.54) is 25.7 Å². The highest BCUT2D eigenvalue weighted by atomic mass is 16.2. The van der Waals surface area contributed by atoms with Crippen molar-refractivity contribution in [3.8, 4) is 0 Å². The second-order valence-corrected chi connectivity index (χ2v) is 5.05. The number of hydrogen-bond acceptors (Lipinski definition) is 2. The number of aromatic nitrogens is 1. The van der Waals surface area contributed by atoms with Gasteiger partial charge in [0.15, 0.2) is 0 Å². The number of nitrogens with one attached hydrogen (secondary N) is 1. The van der Waals surface area contributed by atoms with E-state index in [0.29, 0.717) is 5.41 Å². The van der Waals surface area contributed by atoms with Crippen molar-refractivity contribution in [2.45, 2.75) is 32.1 Å². The van der Waals surface area contributed by atoms with Crippen LogP contribution >= 0.6 is 0 Å². The standard InChI is InChI=1S/C13H16N2O/c16-12(15-10-3-7-14-8-4-10)11-9-13(11)5-1-2-6-13/h3-4,7-8,11H,1-2,5-6,9H2,(H,14,15,16)/t11-/m1/s1. The lowest BCUT2D eigenvalue weighted by Crippen LogP contribution is -2.17. The SMILES string of the molecule is O=C(Nc1ccncc1)[C@H]1CC12CCCC2. The normalized spacial score (nSPS) is 25.6. The molecule has 0 saturated heterocycles. The third kappa shape index (κ3) is 1.60. The molecule has 0 aliphatic heterocycles. The molecule has 3 nitrogen and oxygen atoms in total. The molecule has 1 amide bonds. The molecule has 0 aromatic carbocycles. The minimum atomic E-state index is 0.202. The lowest BCUT2D eigenvalue weighted by molar-refractivity contribution is -0.118. The number of nitrogens with zero attached hydrogens (tertiary/aromatic N) is 1. The zero-order valence-corrected chi connectivity index (χ0v) is 9.28. The van der Waals surface area contributed by atoms with Crippen molar-refractivity contribution in [1.29, 1.82) is 0 Å². The lowest BCUT2D eigenvalue weighted by Gasteiger charge is -2.08. The maximum absolute atomic E-state index is 12.0. The van der Waals surface area contributed by atoms with Crippen molar-refractivity contribution in [3.63, 3.8) is 0 Å². The highest BCUT2D eigenvalue weighted by Gasteiger charge is 2.58. The summed E-state index contributed by atoms with van der Waals surface area (Å²) >= 11 is 0. The fraction of sp³-hybridized carbons (Fsp3) is 0.538. The first-order valence-electron chi connectivity index (χ1n) is 6.01. The first-order valence-corrected chi connectivity index (χ1v) is 6.01. The van der Waals surface area contributed by atoms with Crippen molar-refractivity contribution < 1.29 is 4.79 Å². The van der Waals surface area contributed by atoms with Gasteiger partial charge in [-0.05, 0) is 36.8 Å². The van der Waals surface area contributed by atoms with E-state index in [0.717, 1.165) is 12.1 Å². The van der Waals surface area contributed by atoms with E-state index in [4.69, 9.17) is 0 Å². The van der Waals surface area contributed by atoms with Crippen LogP contribution in [0.5, 0.6) is 0 Å². The smallest absolute Gasteiger partial charge is 0.228 e. The summed E-state index contributed by atoms with van der Waals surface area (Å²) in [5.74, 6) is 0.469. The lowest BCUT2D eigenvalue weighted by atomic mass is 10.0. The zero-order chi connectivity index (χ0) is 11.0. The molecule has 0 bridgehead atoms. The molecular weight excluding hydrogens is 200 g/mol. The first-order chi connectivity index (χ1) is 7.80. The van der Waals surface area contributed by atoms with E-state index in [1.807, 2.05) is 12.1 Å². The molecule has 1 aromatic rings. The maximum Gasteiger partial charge on any atom is 0.228 e. The van der Waals surface area contributed by atoms with Crippen LogP contribution in [0.3, 0.4) is 0 Å². The Morgan fingerprint density at radius 3 is 2.69 bits per heavy atom. The van der Waals surface area contributed by atoms with Gasteiger partial charge in [0.05, 0.1) is 0 Å². The second-order valence-electron chi connectivity index (χ2n) is 5.05. The van der Waals surface area contributed by atoms with Gasteiger partial charge >= 0.3 is 0 Å². The topological polar surface area (TPSA) is 42.0 Å². The van der Waals surface area contributed by atoms with E-state index >= 15 is 0 Å². The molecule has 3 heteroatoms. The van der Waals surface area contributed by atoms with Gasteiger partial charge in [-0.25, -0.2) is 0 Å². The number of carbonyl (C=O) groups is 1. The minimum absolute atomic E-state index is 0.202. The predicted octanol–water partition coefficient (Wildman–Crippen LogP) is 2.60. The average molecular weight is 216 g/mol. The minimum Gasteiger partial charge on any atom is -0.326 e. The average Bonchev–Trinajstić information content (AvgIpc) is 2.79. The molecule has 3 rings (SSSR count). The predicted molar refractivity (Wildman–Crippen MR) is 61.9 cm³/mol. The molecule has 0 radical (unpaired) electrons. The Balaban J connectivity index is 1.63. The van der Waals surface area contributed by atoms with Crippen LogP contribution in [0, 0.1) is 11.3 Å². The van der Waals surface area contributed by atoms with Crippen LogP contribution in [0.2, 0.25) is 0 Å². The summed E-state index contributed by atoms with van der Waals surface area (Å²) in [6, 6.07) is 3.67. The van der Waals surface area contributed by atoms with Crippen molar-refractivity contribution in [1.82, 2.24) is 4.98 Å². The van der Waals surface area contributed by atoms with E-state index in [-0.39, 0.29) is 11.8 Å². The molecule has 2 saturated carbocycles. The van der Waals surface area contributed by atoms with Gasteiger partial charge in [-0.2, -0.15) is 0 Å². The van der Waals surface area contributed by atoms with E-state index in [9.17, 15) is 4.79 Å². The summed E-state index contributed by atoms with van der Waals surface area (Å²) in [5, 5.41) is 2.98. The van der Waals surface area contributed by atoms with Crippen LogP contribution in [0.1, 0.15) is 32.1 Å². The highest BCUT2D eigenvalue weighted by molar-refractivity contribution is 5.95. The summed E-state index contributed by atoms with van der Waals surface area (Å²) in [6.45, 7) is 0. The fourth-order valence-electron chi connectivity index (χ4n) is 3.01. The van der Waals surface area contributed by atoms with Crippen LogP contribution in [0.15, 0.2) is 24.5 Å². The van der Waals surface area contributed by atoms with Crippen LogP contribution in [-0.4, -0.2) is 10.9 Å². The monoisotopic (exact) mass is 216 g/mol. The summed E-state index contributed by atoms with van der Waals surface area (Å²) in [6.07, 6.45) is 9.62. The molecule has 0 unspecified atom stereocenters. The molecule has 2 aliphatic rings. The molecule has 2 aliphatic carbocycles. The fourth-order valence-corrected chi connectivity index (χ4v) is 3.01. The third-order valence-corrected chi connectivity index (χ3v) is 4.05. The van der Waals surface area contributed by atoms with Gasteiger partial charge in [0.1, 0.15) is 0 Å². The summed E-state index contributed by atoms with van der Waals surface area (Å²) in [7, 11) is 0. The van der Waals surface area contributed by atoms with E-state index in [1.54, 1.807) is 12.4 Å². The van der Waals surface area contributed by atoms with Crippen molar-refractivity contribution in [2.24, 2.45) is 11.3 Å². The molecule has 1 N–H and O–H groups in total. The van der Waals surface area contributed by atoms with Gasteiger partial charge in [-0.15, -0.1) is 0 Å². The van der Waals surface area contributed by atoms with Crippen LogP contribution in [0.4, 0.5) is 5.69 Å². The van der Waals surface area contributed by atoms with Crippen molar-refractivity contribution >= 4 is 11.6 Å². The molecular formula is C13H16N2O. The largest absolute Gasteiger partial charge is 0.326 e. The number of rotatable bonds is 2. The Labute approximate surface area is 95.3 Å². The van der Waals surface area contributed by atoms with E-state index in [2.05, 4.69) is 10.3 Å². The number of anilines is 1. The Morgan fingerprint density at radius 2 is 2.00 bits per heavy atom. The third-order valence-electron chi connectivity index (χ3n) is 4.05. The molecule has 1 spiro atoms. The molecule has 16 heavy (non-hydrogen) atoms. The zero-order valence-electron chi connectivity index (χ0n) is 9.28. The van der Waals surface area contributed by atoms with Gasteiger partial charge in [-0.1, -0.05) is 12.8 Å². The summed E-state index contributed by atoms with van der Waals surface area (Å²) < 4.78 is 0. The van der Waals surface area contributed by atoms with Crippen LogP contribution < -0.4 is 5.32 Å². The van der Waals surface area contributed by atoms with Gasteiger partial charge in [0.25, 0.3) is 0 Å². The van der Waals surface area contributed by atoms with Gasteiger partial charge in [0, 0.05) is 24.0 Å². The molecule has 1 atom stereocenters. The summed E-state index contributed by atoms with van der Waals surface area (Å²) in [5.41, 5.74) is 1.25. The Bertz CT molecular complexity index is 396. The Morgan fingerprint density at radius 1 is 1.31 bits per heavy atom. The van der Waals surface area contributed by atoms with Crippen LogP contribution in [0.25, 0.3) is 0 Å². The maximum atomic E-state index is 12.0.